The smallest absolute Gasteiger partial charge is 0.307 e. The predicted molar refractivity (Wildman–Crippen MR) is 89.9 cm³/mol. The molecule has 1 atom stereocenters. The first kappa shape index (κ1) is 15.0. The summed E-state index contributed by atoms with van der Waals surface area (Å²) >= 11 is 0. The molecule has 0 radical (unpaired) electrons. The maximum Gasteiger partial charge on any atom is 0.332 e. The lowest BCUT2D eigenvalue weighted by molar-refractivity contribution is -0.119. The summed E-state index contributed by atoms with van der Waals surface area (Å²) in [6.07, 6.45) is 2.13. The number of para-hydroxylation sites is 1. The van der Waals surface area contributed by atoms with E-state index in [1.165, 1.54) is 4.90 Å². The van der Waals surface area contributed by atoms with Gasteiger partial charge >= 0.3 is 6.03 Å². The molecular weight excluding hydrogens is 288 g/mol. The minimum atomic E-state index is -0.500. The highest BCUT2D eigenvalue weighted by atomic mass is 16.2. The van der Waals surface area contributed by atoms with Crippen LogP contribution in [-0.4, -0.2) is 22.9 Å². The predicted octanol–water partition coefficient (Wildman–Crippen LogP) is 3.60. The van der Waals surface area contributed by atoms with Gasteiger partial charge in [-0.2, -0.15) is 0 Å². The number of benzene rings is 2. The summed E-state index contributed by atoms with van der Waals surface area (Å²) in [7, 11) is 0. The Labute approximate surface area is 135 Å². The number of amides is 3. The molecule has 0 bridgehead atoms. The second-order valence-electron chi connectivity index (χ2n) is 5.45. The Morgan fingerprint density at radius 3 is 2.17 bits per heavy atom. The number of anilines is 1. The van der Waals surface area contributed by atoms with Gasteiger partial charge in [0, 0.05) is 6.54 Å². The van der Waals surface area contributed by atoms with Crippen molar-refractivity contribution in [2.45, 2.75) is 19.0 Å². The SMILES string of the molecule is C=CCC1C(=O)N(c2ccccc2)C(=O)N1Cc1ccccc1. The minimum absolute atomic E-state index is 0.197. The lowest BCUT2D eigenvalue weighted by Gasteiger charge is -2.21. The van der Waals surface area contributed by atoms with Gasteiger partial charge in [0.25, 0.3) is 5.91 Å². The molecule has 3 amide bonds. The van der Waals surface area contributed by atoms with Crippen molar-refractivity contribution in [3.63, 3.8) is 0 Å². The maximum absolute atomic E-state index is 12.8. The van der Waals surface area contributed by atoms with Gasteiger partial charge in [0.1, 0.15) is 6.04 Å². The molecule has 2 aromatic rings. The molecule has 1 aliphatic rings. The summed E-state index contributed by atoms with van der Waals surface area (Å²) in [5.74, 6) is -0.197. The summed E-state index contributed by atoms with van der Waals surface area (Å²) in [6, 6.07) is 17.9. The molecule has 1 fully saturated rings. The van der Waals surface area contributed by atoms with E-state index in [1.54, 1.807) is 23.1 Å². The van der Waals surface area contributed by atoms with Crippen LogP contribution in [0, 0.1) is 0 Å². The Balaban J connectivity index is 1.92. The van der Waals surface area contributed by atoms with Crippen LogP contribution in [0.5, 0.6) is 0 Å². The fourth-order valence-electron chi connectivity index (χ4n) is 2.80. The highest BCUT2D eigenvalue weighted by molar-refractivity contribution is 6.21. The zero-order chi connectivity index (χ0) is 16.2. The van der Waals surface area contributed by atoms with Gasteiger partial charge in [-0.1, -0.05) is 54.6 Å². The molecular formula is C19H18N2O2. The van der Waals surface area contributed by atoms with E-state index in [1.807, 2.05) is 48.5 Å². The normalized spacial score (nSPS) is 17.7. The quantitative estimate of drug-likeness (QED) is 0.625. The molecule has 4 heteroatoms. The van der Waals surface area contributed by atoms with E-state index < -0.39 is 6.04 Å². The zero-order valence-corrected chi connectivity index (χ0v) is 12.8. The Kier molecular flexibility index (Phi) is 4.24. The molecule has 0 aliphatic carbocycles. The first-order valence-corrected chi connectivity index (χ1v) is 7.57. The van der Waals surface area contributed by atoms with Crippen molar-refractivity contribution in [2.75, 3.05) is 4.90 Å². The van der Waals surface area contributed by atoms with Crippen molar-refractivity contribution in [1.82, 2.24) is 4.90 Å². The fraction of sp³-hybridized carbons (Fsp3) is 0.158. The molecule has 4 nitrogen and oxygen atoms in total. The van der Waals surface area contributed by atoms with Crippen LogP contribution in [0.25, 0.3) is 0 Å². The van der Waals surface area contributed by atoms with Crippen molar-refractivity contribution in [3.05, 3.63) is 78.9 Å². The largest absolute Gasteiger partial charge is 0.332 e. The zero-order valence-electron chi connectivity index (χ0n) is 12.8. The minimum Gasteiger partial charge on any atom is -0.307 e. The molecule has 0 aromatic heterocycles. The van der Waals surface area contributed by atoms with Crippen LogP contribution in [0.3, 0.4) is 0 Å². The van der Waals surface area contributed by atoms with Gasteiger partial charge in [-0.05, 0) is 24.1 Å². The number of imide groups is 1. The Hall–Kier alpha value is -2.88. The molecule has 3 rings (SSSR count). The summed E-state index contributed by atoms with van der Waals surface area (Å²) in [5.41, 5.74) is 1.60. The Morgan fingerprint density at radius 2 is 1.57 bits per heavy atom. The maximum atomic E-state index is 12.8. The first-order chi connectivity index (χ1) is 11.2. The van der Waals surface area contributed by atoms with Gasteiger partial charge in [-0.3, -0.25) is 4.79 Å². The van der Waals surface area contributed by atoms with Crippen molar-refractivity contribution in [1.29, 1.82) is 0 Å². The summed E-state index contributed by atoms with van der Waals surface area (Å²) < 4.78 is 0. The summed E-state index contributed by atoms with van der Waals surface area (Å²) in [5, 5.41) is 0. The van der Waals surface area contributed by atoms with E-state index in [4.69, 9.17) is 0 Å². The third kappa shape index (κ3) is 2.88. The van der Waals surface area contributed by atoms with Gasteiger partial charge in [0.15, 0.2) is 0 Å². The van der Waals surface area contributed by atoms with E-state index in [0.717, 1.165) is 5.56 Å². The fourth-order valence-corrected chi connectivity index (χ4v) is 2.80. The van der Waals surface area contributed by atoms with Crippen LogP contribution < -0.4 is 4.90 Å². The number of urea groups is 1. The number of carbonyl (C=O) groups is 2. The average Bonchev–Trinajstić information content (AvgIpc) is 2.81. The lowest BCUT2D eigenvalue weighted by Crippen LogP contribution is -2.34. The van der Waals surface area contributed by atoms with E-state index in [0.29, 0.717) is 18.7 Å². The summed E-state index contributed by atoms with van der Waals surface area (Å²) in [4.78, 5) is 28.4. The molecule has 1 saturated heterocycles. The first-order valence-electron chi connectivity index (χ1n) is 7.57. The Bertz CT molecular complexity index is 713. The second-order valence-corrected chi connectivity index (χ2v) is 5.45. The van der Waals surface area contributed by atoms with Gasteiger partial charge in [0.2, 0.25) is 0 Å². The molecule has 23 heavy (non-hydrogen) atoms. The molecule has 116 valence electrons. The average molecular weight is 306 g/mol. The summed E-state index contributed by atoms with van der Waals surface area (Å²) in [6.45, 7) is 4.12. The number of rotatable bonds is 5. The van der Waals surface area contributed by atoms with E-state index in [2.05, 4.69) is 6.58 Å². The van der Waals surface area contributed by atoms with Crippen molar-refractivity contribution in [2.24, 2.45) is 0 Å². The monoisotopic (exact) mass is 306 g/mol. The van der Waals surface area contributed by atoms with Crippen LogP contribution in [0.15, 0.2) is 73.3 Å². The van der Waals surface area contributed by atoms with Gasteiger partial charge < -0.3 is 4.90 Å². The molecule has 1 aliphatic heterocycles. The number of hydrogen-bond donors (Lipinski definition) is 0. The van der Waals surface area contributed by atoms with Crippen LogP contribution in [-0.2, 0) is 11.3 Å². The van der Waals surface area contributed by atoms with E-state index in [9.17, 15) is 9.59 Å². The van der Waals surface area contributed by atoms with Crippen molar-refractivity contribution >= 4 is 17.6 Å². The molecule has 1 unspecified atom stereocenters. The van der Waals surface area contributed by atoms with Crippen LogP contribution in [0.4, 0.5) is 10.5 Å². The third-order valence-corrected chi connectivity index (χ3v) is 3.92. The van der Waals surface area contributed by atoms with Gasteiger partial charge in [-0.25, -0.2) is 9.69 Å². The molecule has 1 heterocycles. The van der Waals surface area contributed by atoms with Crippen LogP contribution >= 0.6 is 0 Å². The van der Waals surface area contributed by atoms with Crippen LogP contribution in [0.2, 0.25) is 0 Å². The van der Waals surface area contributed by atoms with Crippen LogP contribution in [0.1, 0.15) is 12.0 Å². The topological polar surface area (TPSA) is 40.6 Å². The molecule has 0 saturated carbocycles. The Morgan fingerprint density at radius 1 is 0.957 bits per heavy atom. The lowest BCUT2D eigenvalue weighted by atomic mass is 10.1. The second kappa shape index (κ2) is 6.48. The number of hydrogen-bond acceptors (Lipinski definition) is 2. The van der Waals surface area contributed by atoms with Gasteiger partial charge in [0.05, 0.1) is 5.69 Å². The van der Waals surface area contributed by atoms with Gasteiger partial charge in [-0.15, -0.1) is 6.58 Å². The third-order valence-electron chi connectivity index (χ3n) is 3.92. The van der Waals surface area contributed by atoms with Crippen molar-refractivity contribution < 1.29 is 9.59 Å². The number of nitrogens with zero attached hydrogens (tertiary/aromatic N) is 2. The highest BCUT2D eigenvalue weighted by Crippen LogP contribution is 2.28. The molecule has 2 aromatic carbocycles. The van der Waals surface area contributed by atoms with E-state index in [-0.39, 0.29) is 11.9 Å². The van der Waals surface area contributed by atoms with E-state index >= 15 is 0 Å². The number of carbonyl (C=O) groups excluding carboxylic acids is 2. The molecule has 0 spiro atoms. The molecule has 0 N–H and O–H groups in total. The highest BCUT2D eigenvalue weighted by Gasteiger charge is 2.44. The van der Waals surface area contributed by atoms with Crippen molar-refractivity contribution in [3.8, 4) is 0 Å². The standard InChI is InChI=1S/C19H18N2O2/c1-2-9-17-18(22)21(16-12-7-4-8-13-16)19(23)20(17)14-15-10-5-3-6-11-15/h2-8,10-13,17H,1,9,14H2.